The fraction of sp³-hybridized carbons (Fsp3) is 0.875. The molecule has 0 aromatic rings. The molecule has 1 rings (SSSR count). The minimum atomic E-state index is 0.0435. The molecule has 1 amide bonds. The summed E-state index contributed by atoms with van der Waals surface area (Å²) in [7, 11) is 1.75. The molecule has 1 fully saturated rings. The smallest absolute Gasteiger partial charge is 0.217 e. The number of hydroxylamine groups is 1. The monoisotopic (exact) mass is 204 g/mol. The second-order valence-electron chi connectivity index (χ2n) is 3.12. The fourth-order valence-electron chi connectivity index (χ4n) is 1.37. The lowest BCUT2D eigenvalue weighted by molar-refractivity contribution is -0.119. The third-order valence-electron chi connectivity index (χ3n) is 2.03. The summed E-state index contributed by atoms with van der Waals surface area (Å²) in [6.45, 7) is 2.22. The van der Waals surface area contributed by atoms with Crippen molar-refractivity contribution >= 4 is 17.7 Å². The molecule has 1 aliphatic rings. The average molecular weight is 204 g/mol. The van der Waals surface area contributed by atoms with E-state index in [4.69, 9.17) is 4.84 Å². The van der Waals surface area contributed by atoms with Gasteiger partial charge < -0.3 is 10.2 Å². The van der Waals surface area contributed by atoms with Crippen molar-refractivity contribution in [1.29, 1.82) is 0 Å². The Morgan fingerprint density at radius 3 is 3.00 bits per heavy atom. The van der Waals surface area contributed by atoms with Crippen molar-refractivity contribution in [3.8, 4) is 0 Å². The highest BCUT2D eigenvalue weighted by molar-refractivity contribution is 7.99. The van der Waals surface area contributed by atoms with E-state index in [2.05, 4.69) is 10.8 Å². The molecule has 5 heteroatoms. The third-order valence-corrected chi connectivity index (χ3v) is 3.29. The van der Waals surface area contributed by atoms with E-state index in [9.17, 15) is 4.79 Å². The topological polar surface area (TPSA) is 50.4 Å². The summed E-state index contributed by atoms with van der Waals surface area (Å²) >= 11 is 1.86. The average Bonchev–Trinajstić information content (AvgIpc) is 2.48. The highest BCUT2D eigenvalue weighted by Gasteiger charge is 2.28. The Balaban J connectivity index is 2.30. The van der Waals surface area contributed by atoms with Crippen molar-refractivity contribution in [3.05, 3.63) is 0 Å². The first-order valence-corrected chi connectivity index (χ1v) is 5.53. The number of hydrogen-bond acceptors (Lipinski definition) is 4. The first kappa shape index (κ1) is 10.8. The number of rotatable bonds is 4. The Kier molecular flexibility index (Phi) is 4.55. The maximum atomic E-state index is 10.8. The van der Waals surface area contributed by atoms with Gasteiger partial charge in [-0.15, -0.1) is 0 Å². The molecule has 1 saturated heterocycles. The molecule has 1 aliphatic heterocycles. The summed E-state index contributed by atoms with van der Waals surface area (Å²) in [5.74, 6) is 2.53. The first-order chi connectivity index (χ1) is 6.24. The van der Waals surface area contributed by atoms with E-state index in [0.717, 1.165) is 11.5 Å². The van der Waals surface area contributed by atoms with Crippen molar-refractivity contribution in [1.82, 2.24) is 10.8 Å². The summed E-state index contributed by atoms with van der Waals surface area (Å²) in [4.78, 5) is 16.0. The second-order valence-corrected chi connectivity index (χ2v) is 4.19. The van der Waals surface area contributed by atoms with Gasteiger partial charge in [0.2, 0.25) is 5.91 Å². The molecule has 0 bridgehead atoms. The maximum absolute atomic E-state index is 10.8. The van der Waals surface area contributed by atoms with Crippen molar-refractivity contribution in [2.45, 2.75) is 13.0 Å². The number of thioether (sulfide) groups is 1. The molecule has 2 N–H and O–H groups in total. The zero-order valence-electron chi connectivity index (χ0n) is 8.00. The van der Waals surface area contributed by atoms with Crippen molar-refractivity contribution in [2.75, 3.05) is 25.2 Å². The lowest BCUT2D eigenvalue weighted by Gasteiger charge is -2.18. The quantitative estimate of drug-likeness (QED) is 0.633. The molecule has 0 saturated carbocycles. The van der Waals surface area contributed by atoms with E-state index in [0.29, 0.717) is 12.5 Å². The molecule has 13 heavy (non-hydrogen) atoms. The zero-order chi connectivity index (χ0) is 9.68. The molecule has 0 spiro atoms. The zero-order valence-corrected chi connectivity index (χ0v) is 8.82. The van der Waals surface area contributed by atoms with E-state index in [1.807, 2.05) is 11.8 Å². The molecule has 2 atom stereocenters. The number of carbonyl (C=O) groups excluding carboxylic acids is 1. The van der Waals surface area contributed by atoms with Gasteiger partial charge in [0.15, 0.2) is 0 Å². The Hall–Kier alpha value is -0.260. The Morgan fingerprint density at radius 1 is 1.62 bits per heavy atom. The van der Waals surface area contributed by atoms with Gasteiger partial charge in [0.25, 0.3) is 0 Å². The maximum Gasteiger partial charge on any atom is 0.217 e. The van der Waals surface area contributed by atoms with E-state index in [1.165, 1.54) is 0 Å². The molecule has 0 aliphatic carbocycles. The van der Waals surface area contributed by atoms with Gasteiger partial charge in [-0.2, -0.15) is 11.8 Å². The molecule has 1 heterocycles. The first-order valence-electron chi connectivity index (χ1n) is 4.37. The van der Waals surface area contributed by atoms with E-state index < -0.39 is 0 Å². The molecule has 0 radical (unpaired) electrons. The standard InChI is InChI=1S/C8H16N2O2S/c1-6(11)10-8-5-13-4-7(8)3-12-9-2/h7-9H,3-5H2,1-2H3,(H,10,11). The van der Waals surface area contributed by atoms with Crippen LogP contribution in [0.15, 0.2) is 0 Å². The predicted octanol–water partition coefficient (Wildman–Crippen LogP) is 0.00510. The summed E-state index contributed by atoms with van der Waals surface area (Å²) in [6.07, 6.45) is 0. The van der Waals surface area contributed by atoms with Gasteiger partial charge >= 0.3 is 0 Å². The highest BCUT2D eigenvalue weighted by Crippen LogP contribution is 2.24. The van der Waals surface area contributed by atoms with Gasteiger partial charge in [-0.05, 0) is 0 Å². The van der Waals surface area contributed by atoms with Gasteiger partial charge in [-0.25, -0.2) is 5.48 Å². The van der Waals surface area contributed by atoms with Crippen LogP contribution in [-0.2, 0) is 9.63 Å². The molecule has 0 aromatic heterocycles. The van der Waals surface area contributed by atoms with Gasteiger partial charge in [-0.3, -0.25) is 4.79 Å². The summed E-state index contributed by atoms with van der Waals surface area (Å²) in [5, 5.41) is 2.93. The number of nitrogens with one attached hydrogen (secondary N) is 2. The van der Waals surface area contributed by atoms with Crippen LogP contribution in [0, 0.1) is 5.92 Å². The van der Waals surface area contributed by atoms with E-state index >= 15 is 0 Å². The van der Waals surface area contributed by atoms with Crippen LogP contribution in [0.5, 0.6) is 0 Å². The Labute approximate surface area is 82.7 Å². The van der Waals surface area contributed by atoms with Crippen molar-refractivity contribution < 1.29 is 9.63 Å². The van der Waals surface area contributed by atoms with Gasteiger partial charge in [-0.1, -0.05) is 0 Å². The number of carbonyl (C=O) groups is 1. The summed E-state index contributed by atoms with van der Waals surface area (Å²) in [6, 6.07) is 0.274. The van der Waals surface area contributed by atoms with Crippen LogP contribution in [0.1, 0.15) is 6.92 Å². The normalized spacial score (nSPS) is 27.5. The molecular formula is C8H16N2O2S. The molecule has 0 aromatic carbocycles. The van der Waals surface area contributed by atoms with Crippen LogP contribution in [-0.4, -0.2) is 37.1 Å². The van der Waals surface area contributed by atoms with E-state index in [1.54, 1.807) is 14.0 Å². The van der Waals surface area contributed by atoms with Gasteiger partial charge in [0.05, 0.1) is 6.61 Å². The number of hydrogen-bond donors (Lipinski definition) is 2. The lowest BCUT2D eigenvalue weighted by Crippen LogP contribution is -2.40. The number of amides is 1. The Morgan fingerprint density at radius 2 is 2.38 bits per heavy atom. The minimum Gasteiger partial charge on any atom is -0.352 e. The molecule has 2 unspecified atom stereocenters. The summed E-state index contributed by atoms with van der Waals surface area (Å²) < 4.78 is 0. The third kappa shape index (κ3) is 3.54. The molecular weight excluding hydrogens is 188 g/mol. The van der Waals surface area contributed by atoms with E-state index in [-0.39, 0.29) is 11.9 Å². The van der Waals surface area contributed by atoms with Crippen LogP contribution < -0.4 is 10.8 Å². The van der Waals surface area contributed by atoms with Crippen LogP contribution in [0.4, 0.5) is 0 Å². The largest absolute Gasteiger partial charge is 0.352 e. The molecule has 4 nitrogen and oxygen atoms in total. The SMILES string of the molecule is CNOCC1CSCC1NC(C)=O. The lowest BCUT2D eigenvalue weighted by atomic mass is 10.1. The molecule has 76 valence electrons. The minimum absolute atomic E-state index is 0.0435. The van der Waals surface area contributed by atoms with Crippen molar-refractivity contribution in [2.24, 2.45) is 5.92 Å². The highest BCUT2D eigenvalue weighted by atomic mass is 32.2. The predicted molar refractivity (Wildman–Crippen MR) is 53.4 cm³/mol. The fourth-order valence-corrected chi connectivity index (χ4v) is 2.75. The van der Waals surface area contributed by atoms with Crippen molar-refractivity contribution in [3.63, 3.8) is 0 Å². The van der Waals surface area contributed by atoms with Crippen LogP contribution in [0.2, 0.25) is 0 Å². The van der Waals surface area contributed by atoms with Gasteiger partial charge in [0.1, 0.15) is 0 Å². The second kappa shape index (κ2) is 5.47. The van der Waals surface area contributed by atoms with Crippen LogP contribution in [0.25, 0.3) is 0 Å². The Bertz CT molecular complexity index is 178. The van der Waals surface area contributed by atoms with Crippen LogP contribution >= 0.6 is 11.8 Å². The van der Waals surface area contributed by atoms with Gasteiger partial charge in [0, 0.05) is 37.4 Å². The summed E-state index contributed by atoms with van der Waals surface area (Å²) in [5.41, 5.74) is 2.65. The van der Waals surface area contributed by atoms with Crippen LogP contribution in [0.3, 0.4) is 0 Å².